The second kappa shape index (κ2) is 7.78. The molecule has 0 radical (unpaired) electrons. The Kier molecular flexibility index (Phi) is 5.72. The lowest BCUT2D eigenvalue weighted by Gasteiger charge is -2.14. The predicted molar refractivity (Wildman–Crippen MR) is 96.8 cm³/mol. The third-order valence-corrected chi connectivity index (χ3v) is 5.12. The van der Waals surface area contributed by atoms with Crippen LogP contribution in [0.1, 0.15) is 11.3 Å². The van der Waals surface area contributed by atoms with Gasteiger partial charge in [0.05, 0.1) is 11.4 Å². The summed E-state index contributed by atoms with van der Waals surface area (Å²) in [6, 6.07) is 6.05. The number of alkyl halides is 6. The van der Waals surface area contributed by atoms with Gasteiger partial charge >= 0.3 is 12.5 Å². The molecule has 0 spiro atoms. The van der Waals surface area contributed by atoms with Gasteiger partial charge in [0.15, 0.2) is 5.69 Å². The van der Waals surface area contributed by atoms with Crippen LogP contribution in [0.2, 0.25) is 0 Å². The highest BCUT2D eigenvalue weighted by Gasteiger charge is 2.36. The maximum atomic E-state index is 14.3. The minimum absolute atomic E-state index is 0.0411. The lowest BCUT2D eigenvalue weighted by Crippen LogP contribution is -2.18. The number of aryl methyl sites for hydroxylation is 1. The van der Waals surface area contributed by atoms with Gasteiger partial charge in [0.2, 0.25) is 10.0 Å². The molecule has 3 rings (SSSR count). The molecule has 0 saturated heterocycles. The maximum Gasteiger partial charge on any atom is 0.573 e. The fourth-order valence-electron chi connectivity index (χ4n) is 2.77. The third kappa shape index (κ3) is 5.02. The Morgan fingerprint density at radius 1 is 1.00 bits per heavy atom. The lowest BCUT2D eigenvalue weighted by atomic mass is 10.1. The van der Waals surface area contributed by atoms with E-state index >= 15 is 0 Å². The Balaban J connectivity index is 2.21. The van der Waals surface area contributed by atoms with Crippen molar-refractivity contribution in [2.24, 2.45) is 5.14 Å². The van der Waals surface area contributed by atoms with Gasteiger partial charge in [-0.1, -0.05) is 12.1 Å². The first-order valence-corrected chi connectivity index (χ1v) is 9.97. The molecule has 0 fully saturated rings. The first-order valence-electron chi connectivity index (χ1n) is 8.43. The summed E-state index contributed by atoms with van der Waals surface area (Å²) in [5, 5.41) is 8.26. The van der Waals surface area contributed by atoms with Gasteiger partial charge in [-0.15, -0.1) is 13.2 Å². The van der Waals surface area contributed by atoms with Crippen molar-refractivity contribution < 1.29 is 43.9 Å². The quantitative estimate of drug-likeness (QED) is 0.552. The Morgan fingerprint density at radius 3 is 2.19 bits per heavy atom. The zero-order chi connectivity index (χ0) is 24.1. The number of ether oxygens (including phenoxy) is 1. The van der Waals surface area contributed by atoms with Crippen molar-refractivity contribution in [1.82, 2.24) is 9.78 Å². The van der Waals surface area contributed by atoms with Crippen LogP contribution in [0.5, 0.6) is 5.75 Å². The molecule has 2 aromatic carbocycles. The van der Waals surface area contributed by atoms with Crippen molar-refractivity contribution in [2.75, 3.05) is 0 Å². The van der Waals surface area contributed by atoms with Crippen LogP contribution in [0.25, 0.3) is 16.9 Å². The zero-order valence-electron chi connectivity index (χ0n) is 15.8. The van der Waals surface area contributed by atoms with Crippen LogP contribution < -0.4 is 9.88 Å². The largest absolute Gasteiger partial charge is 0.573 e. The van der Waals surface area contributed by atoms with Crippen LogP contribution >= 0.6 is 0 Å². The molecular weight excluding hydrogens is 471 g/mol. The van der Waals surface area contributed by atoms with Crippen molar-refractivity contribution in [2.45, 2.75) is 24.4 Å². The summed E-state index contributed by atoms with van der Waals surface area (Å²) < 4.78 is 119. The number of halogens is 7. The van der Waals surface area contributed by atoms with E-state index in [4.69, 9.17) is 5.14 Å². The number of sulfonamides is 1. The van der Waals surface area contributed by atoms with Gasteiger partial charge in [0, 0.05) is 11.6 Å². The highest BCUT2D eigenvalue weighted by molar-refractivity contribution is 7.89. The molecular formula is C18H12F7N3O3S. The Hall–Kier alpha value is -3.13. The minimum atomic E-state index is -5.06. The van der Waals surface area contributed by atoms with Crippen molar-refractivity contribution in [3.05, 3.63) is 59.5 Å². The van der Waals surface area contributed by atoms with Gasteiger partial charge in [0.25, 0.3) is 0 Å². The van der Waals surface area contributed by atoms with Crippen LogP contribution in [-0.4, -0.2) is 24.6 Å². The number of benzene rings is 2. The second-order valence-corrected chi connectivity index (χ2v) is 8.04. The first kappa shape index (κ1) is 23.5. The Morgan fingerprint density at radius 2 is 1.66 bits per heavy atom. The number of hydrogen-bond acceptors (Lipinski definition) is 4. The molecule has 0 saturated carbocycles. The smallest absolute Gasteiger partial charge is 0.405 e. The van der Waals surface area contributed by atoms with Gasteiger partial charge in [-0.2, -0.15) is 18.3 Å². The molecule has 0 aliphatic heterocycles. The lowest BCUT2D eigenvalue weighted by molar-refractivity contribution is -0.274. The molecule has 1 aromatic heterocycles. The molecule has 3 aromatic rings. The fraction of sp³-hybridized carbons (Fsp3) is 0.167. The summed E-state index contributed by atoms with van der Waals surface area (Å²) in [5.74, 6) is -2.02. The standard InChI is InChI=1S/C18H12F7N3O3S/c1-9-2-4-11(7-14(9)31-18(23,24)25)28-13(8-16(27-28)17(20,21)22)10-3-5-15(12(19)6-10)32(26,29)30/h2-8H,1H3,(H2,26,29,30). The van der Waals surface area contributed by atoms with E-state index in [2.05, 4.69) is 9.84 Å². The summed E-state index contributed by atoms with van der Waals surface area (Å²) in [6.07, 6.45) is -9.99. The van der Waals surface area contributed by atoms with Crippen LogP contribution in [0, 0.1) is 12.7 Å². The summed E-state index contributed by atoms with van der Waals surface area (Å²) >= 11 is 0. The maximum absolute atomic E-state index is 14.3. The van der Waals surface area contributed by atoms with Gasteiger partial charge in [0.1, 0.15) is 16.5 Å². The normalized spacial score (nSPS) is 12.8. The SMILES string of the molecule is Cc1ccc(-n2nc(C(F)(F)F)cc2-c2ccc(S(N)(=O)=O)c(F)c2)cc1OC(F)(F)F. The average molecular weight is 483 g/mol. The summed E-state index contributed by atoms with van der Waals surface area (Å²) in [7, 11) is -4.44. The molecule has 0 bridgehead atoms. The van der Waals surface area contributed by atoms with Crippen LogP contribution in [0.4, 0.5) is 30.7 Å². The van der Waals surface area contributed by atoms with E-state index in [1.807, 2.05) is 0 Å². The summed E-state index contributed by atoms with van der Waals surface area (Å²) in [5.41, 5.74) is -2.24. The van der Waals surface area contributed by atoms with Crippen molar-refractivity contribution in [3.63, 3.8) is 0 Å². The molecule has 0 unspecified atom stereocenters. The molecule has 0 atom stereocenters. The summed E-state index contributed by atoms with van der Waals surface area (Å²) in [4.78, 5) is -0.889. The molecule has 32 heavy (non-hydrogen) atoms. The average Bonchev–Trinajstić information content (AvgIpc) is 3.07. The molecule has 2 N–H and O–H groups in total. The highest BCUT2D eigenvalue weighted by Crippen LogP contribution is 2.35. The molecule has 0 aliphatic carbocycles. The van der Waals surface area contributed by atoms with Gasteiger partial charge in [-0.3, -0.25) is 0 Å². The van der Waals surface area contributed by atoms with E-state index in [0.717, 1.165) is 18.2 Å². The number of hydrogen-bond donors (Lipinski definition) is 1. The van der Waals surface area contributed by atoms with Crippen molar-refractivity contribution in [3.8, 4) is 22.7 Å². The van der Waals surface area contributed by atoms with Crippen LogP contribution in [0.15, 0.2) is 47.4 Å². The molecule has 6 nitrogen and oxygen atoms in total. The Labute approximate surface area is 176 Å². The van der Waals surface area contributed by atoms with E-state index in [0.29, 0.717) is 16.8 Å². The first-order chi connectivity index (χ1) is 14.6. The molecule has 14 heteroatoms. The van der Waals surface area contributed by atoms with Gasteiger partial charge < -0.3 is 4.74 Å². The zero-order valence-corrected chi connectivity index (χ0v) is 16.6. The molecule has 0 amide bonds. The van der Waals surface area contributed by atoms with Crippen LogP contribution in [0.3, 0.4) is 0 Å². The number of primary sulfonamides is 1. The number of rotatable bonds is 4. The van der Waals surface area contributed by atoms with E-state index in [-0.39, 0.29) is 22.5 Å². The molecule has 0 aliphatic rings. The fourth-order valence-corrected chi connectivity index (χ4v) is 3.36. The molecule has 172 valence electrons. The van der Waals surface area contributed by atoms with Crippen molar-refractivity contribution in [1.29, 1.82) is 0 Å². The predicted octanol–water partition coefficient (Wildman–Crippen LogP) is 4.55. The van der Waals surface area contributed by atoms with Gasteiger partial charge in [-0.05, 0) is 36.8 Å². The topological polar surface area (TPSA) is 87.2 Å². The van der Waals surface area contributed by atoms with E-state index in [1.54, 1.807) is 0 Å². The minimum Gasteiger partial charge on any atom is -0.405 e. The Bertz CT molecular complexity index is 1280. The highest BCUT2D eigenvalue weighted by atomic mass is 32.2. The van der Waals surface area contributed by atoms with E-state index in [1.165, 1.54) is 19.1 Å². The summed E-state index contributed by atoms with van der Waals surface area (Å²) in [6.45, 7) is 1.29. The van der Waals surface area contributed by atoms with Gasteiger partial charge in [-0.25, -0.2) is 22.6 Å². The van der Waals surface area contributed by atoms with Crippen LogP contribution in [-0.2, 0) is 16.2 Å². The van der Waals surface area contributed by atoms with E-state index < -0.39 is 44.7 Å². The molecule has 1 heterocycles. The number of nitrogens with two attached hydrogens (primary N) is 1. The van der Waals surface area contributed by atoms with E-state index in [9.17, 15) is 39.2 Å². The number of aromatic nitrogens is 2. The number of nitrogens with zero attached hydrogens (tertiary/aromatic N) is 2. The second-order valence-electron chi connectivity index (χ2n) is 6.51. The monoisotopic (exact) mass is 483 g/mol. The van der Waals surface area contributed by atoms with Crippen molar-refractivity contribution >= 4 is 10.0 Å². The third-order valence-electron chi connectivity index (χ3n) is 4.18.